The average Bonchev–Trinajstić information content (AvgIpc) is 3.08. The van der Waals surface area contributed by atoms with E-state index in [1.54, 1.807) is 26.3 Å². The Hall–Kier alpha value is -2.93. The van der Waals surface area contributed by atoms with Gasteiger partial charge in [0.15, 0.2) is 0 Å². The van der Waals surface area contributed by atoms with Gasteiger partial charge >= 0.3 is 0 Å². The van der Waals surface area contributed by atoms with Gasteiger partial charge in [-0.25, -0.2) is 9.37 Å². The molecule has 2 heterocycles. The summed E-state index contributed by atoms with van der Waals surface area (Å²) in [5.41, 5.74) is 8.58. The molecular weight excluding hydrogens is 347 g/mol. The standard InChI is InChI=1S/C20H21FN4O2/c1-23-20(26)15-9-24-19(22)18-14(15)8-16(25-18)13-5-3-4-12(17(13)21)10-6-11(7-10)27-2/h3-5,8-11,25H,6-7H2,1-2H3,(H2,22,24)(H,23,26)/t10-,11-. The van der Waals surface area contributed by atoms with Crippen molar-refractivity contribution in [2.24, 2.45) is 0 Å². The van der Waals surface area contributed by atoms with Crippen LogP contribution in [0.15, 0.2) is 30.5 Å². The van der Waals surface area contributed by atoms with Crippen molar-refractivity contribution in [3.05, 3.63) is 47.4 Å². The minimum absolute atomic E-state index is 0.160. The molecule has 3 aromatic rings. The first-order valence-electron chi connectivity index (χ1n) is 8.84. The highest BCUT2D eigenvalue weighted by Gasteiger charge is 2.32. The smallest absolute Gasteiger partial charge is 0.253 e. The summed E-state index contributed by atoms with van der Waals surface area (Å²) in [5.74, 6) is -0.0983. The van der Waals surface area contributed by atoms with Gasteiger partial charge in [-0.05, 0) is 36.5 Å². The lowest BCUT2D eigenvalue weighted by Gasteiger charge is -2.34. The van der Waals surface area contributed by atoms with Crippen LogP contribution in [-0.4, -0.2) is 36.1 Å². The zero-order valence-electron chi connectivity index (χ0n) is 15.2. The minimum Gasteiger partial charge on any atom is -0.382 e. The molecule has 1 aromatic carbocycles. The lowest BCUT2D eigenvalue weighted by molar-refractivity contribution is 0.0250. The molecule has 6 nitrogen and oxygen atoms in total. The van der Waals surface area contributed by atoms with E-state index in [1.807, 2.05) is 12.1 Å². The Bertz CT molecular complexity index is 1020. The van der Waals surface area contributed by atoms with Crippen LogP contribution in [-0.2, 0) is 4.74 Å². The molecule has 0 spiro atoms. The number of rotatable bonds is 4. The van der Waals surface area contributed by atoms with Gasteiger partial charge in [-0.15, -0.1) is 0 Å². The molecule has 0 atom stereocenters. The maximum atomic E-state index is 15.2. The van der Waals surface area contributed by atoms with E-state index in [4.69, 9.17) is 10.5 Å². The molecule has 7 heteroatoms. The van der Waals surface area contributed by atoms with Gasteiger partial charge in [0.25, 0.3) is 5.91 Å². The lowest BCUT2D eigenvalue weighted by atomic mass is 9.77. The minimum atomic E-state index is -0.271. The van der Waals surface area contributed by atoms with Gasteiger partial charge in [0.05, 0.1) is 17.2 Å². The summed E-state index contributed by atoms with van der Waals surface area (Å²) in [4.78, 5) is 19.3. The number of halogens is 1. The summed E-state index contributed by atoms with van der Waals surface area (Å²) >= 11 is 0. The zero-order valence-corrected chi connectivity index (χ0v) is 15.2. The number of hydrogen-bond donors (Lipinski definition) is 3. The molecule has 0 unspecified atom stereocenters. The molecule has 1 saturated carbocycles. The van der Waals surface area contributed by atoms with E-state index in [1.165, 1.54) is 6.20 Å². The Morgan fingerprint density at radius 2 is 2.19 bits per heavy atom. The molecule has 4 N–H and O–H groups in total. The van der Waals surface area contributed by atoms with Gasteiger partial charge in [-0.1, -0.05) is 12.1 Å². The maximum absolute atomic E-state index is 15.2. The topological polar surface area (TPSA) is 93.0 Å². The zero-order chi connectivity index (χ0) is 19.1. The molecule has 1 aliphatic rings. The predicted octanol–water partition coefficient (Wildman–Crippen LogP) is 3.20. The number of nitrogens with zero attached hydrogens (tertiary/aromatic N) is 1. The number of nitrogens with one attached hydrogen (secondary N) is 2. The third-order valence-electron chi connectivity index (χ3n) is 5.36. The summed E-state index contributed by atoms with van der Waals surface area (Å²) in [6, 6.07) is 7.14. The van der Waals surface area contributed by atoms with Crippen molar-refractivity contribution in [3.63, 3.8) is 0 Å². The highest BCUT2D eigenvalue weighted by atomic mass is 19.1. The van der Waals surface area contributed by atoms with E-state index >= 15 is 4.39 Å². The fourth-order valence-corrected chi connectivity index (χ4v) is 3.68. The molecule has 1 amide bonds. The second kappa shape index (κ2) is 6.66. The van der Waals surface area contributed by atoms with Crippen molar-refractivity contribution in [2.45, 2.75) is 24.9 Å². The largest absolute Gasteiger partial charge is 0.382 e. The van der Waals surface area contributed by atoms with Gasteiger partial charge in [0.2, 0.25) is 0 Å². The molecule has 0 aliphatic heterocycles. The number of nitrogen functional groups attached to an aromatic ring is 1. The van der Waals surface area contributed by atoms with Crippen LogP contribution in [0, 0.1) is 5.82 Å². The van der Waals surface area contributed by atoms with E-state index < -0.39 is 0 Å². The maximum Gasteiger partial charge on any atom is 0.253 e. The number of nitrogens with two attached hydrogens (primary N) is 1. The highest BCUT2D eigenvalue weighted by molar-refractivity contribution is 6.09. The van der Waals surface area contributed by atoms with Crippen molar-refractivity contribution in [3.8, 4) is 11.3 Å². The monoisotopic (exact) mass is 368 g/mol. The molecule has 4 rings (SSSR count). The number of amides is 1. The molecule has 1 aliphatic carbocycles. The Balaban J connectivity index is 1.79. The Morgan fingerprint density at radius 3 is 2.89 bits per heavy atom. The molecule has 0 radical (unpaired) electrons. The fraction of sp³-hybridized carbons (Fsp3) is 0.300. The molecular formula is C20H21FN4O2. The number of carbonyl (C=O) groups excluding carboxylic acids is 1. The number of anilines is 1. The fourth-order valence-electron chi connectivity index (χ4n) is 3.68. The van der Waals surface area contributed by atoms with Gasteiger partial charge < -0.3 is 20.8 Å². The number of carbonyl (C=O) groups is 1. The molecule has 27 heavy (non-hydrogen) atoms. The van der Waals surface area contributed by atoms with Crippen LogP contribution in [0.1, 0.15) is 34.7 Å². The van der Waals surface area contributed by atoms with Crippen LogP contribution in [0.5, 0.6) is 0 Å². The number of hydrogen-bond acceptors (Lipinski definition) is 4. The Morgan fingerprint density at radius 1 is 1.41 bits per heavy atom. The summed E-state index contributed by atoms with van der Waals surface area (Å²) in [6.07, 6.45) is 3.27. The molecule has 2 aromatic heterocycles. The van der Waals surface area contributed by atoms with E-state index in [9.17, 15) is 4.79 Å². The summed E-state index contributed by atoms with van der Waals surface area (Å²) in [7, 11) is 3.23. The van der Waals surface area contributed by atoms with Gasteiger partial charge in [0.1, 0.15) is 11.6 Å². The quantitative estimate of drug-likeness (QED) is 0.659. The molecule has 0 saturated heterocycles. The number of pyridine rings is 1. The van der Waals surface area contributed by atoms with E-state index in [0.717, 1.165) is 12.8 Å². The van der Waals surface area contributed by atoms with Crippen LogP contribution in [0.2, 0.25) is 0 Å². The first-order chi connectivity index (χ1) is 13.0. The highest BCUT2D eigenvalue weighted by Crippen LogP contribution is 2.41. The SMILES string of the molecule is CNC(=O)c1cnc(N)c2[nH]c(-c3cccc([C@H]4C[C@H](OC)C4)c3F)cc12. The van der Waals surface area contributed by atoms with Crippen LogP contribution in [0.4, 0.5) is 10.2 Å². The summed E-state index contributed by atoms with van der Waals surface area (Å²) < 4.78 is 20.5. The Kier molecular flexibility index (Phi) is 4.31. The number of methoxy groups -OCH3 is 1. The van der Waals surface area contributed by atoms with Gasteiger partial charge in [0, 0.05) is 37.0 Å². The van der Waals surface area contributed by atoms with E-state index in [2.05, 4.69) is 15.3 Å². The lowest BCUT2D eigenvalue weighted by Crippen LogP contribution is -2.29. The number of ether oxygens (including phenoxy) is 1. The van der Waals surface area contributed by atoms with Crippen LogP contribution >= 0.6 is 0 Å². The van der Waals surface area contributed by atoms with E-state index in [-0.39, 0.29) is 29.6 Å². The third kappa shape index (κ3) is 2.84. The van der Waals surface area contributed by atoms with Crippen molar-refractivity contribution in [2.75, 3.05) is 19.9 Å². The second-order valence-corrected chi connectivity index (χ2v) is 6.84. The summed E-state index contributed by atoms with van der Waals surface area (Å²) in [5, 5.41) is 3.20. The molecule has 140 valence electrons. The Labute approximate surface area is 155 Å². The third-order valence-corrected chi connectivity index (χ3v) is 5.36. The first kappa shape index (κ1) is 17.5. The van der Waals surface area contributed by atoms with Crippen LogP contribution in [0.25, 0.3) is 22.2 Å². The van der Waals surface area contributed by atoms with Crippen molar-refractivity contribution >= 4 is 22.6 Å². The predicted molar refractivity (Wildman–Crippen MR) is 102 cm³/mol. The summed E-state index contributed by atoms with van der Waals surface area (Å²) in [6.45, 7) is 0. The van der Waals surface area contributed by atoms with Crippen molar-refractivity contribution < 1.29 is 13.9 Å². The van der Waals surface area contributed by atoms with Crippen LogP contribution in [0.3, 0.4) is 0 Å². The molecule has 1 fully saturated rings. The number of aromatic nitrogens is 2. The van der Waals surface area contributed by atoms with Gasteiger partial charge in [-0.2, -0.15) is 0 Å². The van der Waals surface area contributed by atoms with Crippen LogP contribution < -0.4 is 11.1 Å². The molecule has 0 bridgehead atoms. The second-order valence-electron chi connectivity index (χ2n) is 6.84. The van der Waals surface area contributed by atoms with Crippen molar-refractivity contribution in [1.29, 1.82) is 0 Å². The average molecular weight is 368 g/mol. The number of H-pyrrole nitrogens is 1. The van der Waals surface area contributed by atoms with E-state index in [0.29, 0.717) is 33.3 Å². The number of benzene rings is 1. The number of aromatic amines is 1. The first-order valence-corrected chi connectivity index (χ1v) is 8.84. The normalized spacial score (nSPS) is 19.1. The van der Waals surface area contributed by atoms with Crippen molar-refractivity contribution in [1.82, 2.24) is 15.3 Å². The van der Waals surface area contributed by atoms with Gasteiger partial charge in [-0.3, -0.25) is 4.79 Å². The number of fused-ring (bicyclic) bond motifs is 1.